The van der Waals surface area contributed by atoms with Crippen molar-refractivity contribution in [2.24, 2.45) is 5.92 Å². The van der Waals surface area contributed by atoms with Crippen LogP contribution in [-0.4, -0.2) is 31.1 Å². The van der Waals surface area contributed by atoms with Crippen molar-refractivity contribution in [2.45, 2.75) is 26.3 Å². The Balaban J connectivity index is 0.00000162. The van der Waals surface area contributed by atoms with Crippen molar-refractivity contribution in [2.75, 3.05) is 26.2 Å². The Morgan fingerprint density at radius 2 is 2.00 bits per heavy atom. The second-order valence-corrected chi connectivity index (χ2v) is 6.64. The highest BCUT2D eigenvalue weighted by atomic mass is 79.9. The van der Waals surface area contributed by atoms with Crippen LogP contribution in [0.25, 0.3) is 0 Å². The van der Waals surface area contributed by atoms with Gasteiger partial charge in [0, 0.05) is 47.0 Å². The van der Waals surface area contributed by atoms with Gasteiger partial charge in [-0.15, -0.1) is 36.2 Å². The Kier molecular flexibility index (Phi) is 9.93. The topological polar surface area (TPSA) is 15.3 Å². The Labute approximate surface area is 141 Å². The molecule has 2 atom stereocenters. The summed E-state index contributed by atoms with van der Waals surface area (Å²) in [5, 5.41) is 5.64. The second-order valence-electron chi connectivity index (χ2n) is 4.78. The molecule has 0 bridgehead atoms. The van der Waals surface area contributed by atoms with Crippen LogP contribution < -0.4 is 5.32 Å². The van der Waals surface area contributed by atoms with E-state index in [4.69, 9.17) is 0 Å². The van der Waals surface area contributed by atoms with Gasteiger partial charge in [-0.3, -0.25) is 4.90 Å². The number of hydrogen-bond donors (Lipinski definition) is 1. The van der Waals surface area contributed by atoms with E-state index in [2.05, 4.69) is 51.4 Å². The smallest absolute Gasteiger partial charge is 0.0468 e. The maximum Gasteiger partial charge on any atom is 0.0468 e. The minimum absolute atomic E-state index is 0. The van der Waals surface area contributed by atoms with Gasteiger partial charge < -0.3 is 5.32 Å². The third kappa shape index (κ3) is 5.18. The summed E-state index contributed by atoms with van der Waals surface area (Å²) < 4.78 is 1.22. The summed E-state index contributed by atoms with van der Waals surface area (Å²) in [7, 11) is 0. The third-order valence-electron chi connectivity index (χ3n) is 3.61. The molecule has 1 unspecified atom stereocenters. The molecular weight excluding hydrogens is 367 g/mol. The van der Waals surface area contributed by atoms with Gasteiger partial charge in [0.15, 0.2) is 0 Å². The molecule has 1 aliphatic rings. The lowest BCUT2D eigenvalue weighted by Gasteiger charge is -2.37. The summed E-state index contributed by atoms with van der Waals surface area (Å²) in [6, 6.07) is 2.89. The van der Waals surface area contributed by atoms with Gasteiger partial charge in [-0.2, -0.15) is 0 Å². The van der Waals surface area contributed by atoms with Gasteiger partial charge in [0.1, 0.15) is 0 Å². The molecule has 112 valence electrons. The highest BCUT2D eigenvalue weighted by molar-refractivity contribution is 9.10. The number of rotatable bonds is 4. The average Bonchev–Trinajstić information content (AvgIpc) is 2.77. The first-order chi connectivity index (χ1) is 8.22. The zero-order chi connectivity index (χ0) is 12.3. The van der Waals surface area contributed by atoms with Gasteiger partial charge in [-0.1, -0.05) is 20.3 Å². The van der Waals surface area contributed by atoms with Crippen molar-refractivity contribution in [1.29, 1.82) is 0 Å². The number of halogens is 3. The lowest BCUT2D eigenvalue weighted by Crippen LogP contribution is -2.46. The maximum absolute atomic E-state index is 3.58. The molecule has 2 rings (SSSR count). The fraction of sp³-hybridized carbons (Fsp3) is 0.692. The number of nitrogens with one attached hydrogen (secondary N) is 1. The van der Waals surface area contributed by atoms with E-state index in [0.717, 1.165) is 19.0 Å². The van der Waals surface area contributed by atoms with E-state index in [0.29, 0.717) is 6.04 Å². The zero-order valence-corrected chi connectivity index (χ0v) is 15.4. The Hall–Kier alpha value is 0.680. The van der Waals surface area contributed by atoms with Crippen LogP contribution in [0.15, 0.2) is 15.9 Å². The van der Waals surface area contributed by atoms with Crippen LogP contribution in [0.2, 0.25) is 0 Å². The molecule has 0 saturated carbocycles. The van der Waals surface area contributed by atoms with Gasteiger partial charge in [0.25, 0.3) is 0 Å². The van der Waals surface area contributed by atoms with Crippen molar-refractivity contribution >= 4 is 52.1 Å². The molecule has 19 heavy (non-hydrogen) atoms. The predicted octanol–water partition coefficient (Wildman–Crippen LogP) is 4.35. The quantitative estimate of drug-likeness (QED) is 0.823. The summed E-state index contributed by atoms with van der Waals surface area (Å²) in [5.74, 6) is 0.721. The first-order valence-corrected chi connectivity index (χ1v) is 8.08. The first-order valence-electron chi connectivity index (χ1n) is 6.41. The van der Waals surface area contributed by atoms with Crippen LogP contribution in [0.3, 0.4) is 0 Å². The van der Waals surface area contributed by atoms with Crippen molar-refractivity contribution in [1.82, 2.24) is 10.2 Å². The molecule has 0 aromatic carbocycles. The Morgan fingerprint density at radius 3 is 2.47 bits per heavy atom. The van der Waals surface area contributed by atoms with Crippen LogP contribution in [0, 0.1) is 5.92 Å². The molecule has 0 amide bonds. The molecule has 2 heterocycles. The van der Waals surface area contributed by atoms with Gasteiger partial charge >= 0.3 is 0 Å². The third-order valence-corrected chi connectivity index (χ3v) is 5.37. The summed E-state index contributed by atoms with van der Waals surface area (Å²) in [6.07, 6.45) is 1.24. The second kappa shape index (κ2) is 9.59. The molecule has 1 saturated heterocycles. The van der Waals surface area contributed by atoms with Gasteiger partial charge in [-0.25, -0.2) is 0 Å². The first kappa shape index (κ1) is 19.7. The number of thiophene rings is 1. The molecule has 1 aromatic rings. The molecule has 1 N–H and O–H groups in total. The van der Waals surface area contributed by atoms with Crippen molar-refractivity contribution < 1.29 is 0 Å². The number of hydrogen-bond acceptors (Lipinski definition) is 3. The van der Waals surface area contributed by atoms with Gasteiger partial charge in [0.2, 0.25) is 0 Å². The molecule has 0 radical (unpaired) electrons. The monoisotopic (exact) mass is 388 g/mol. The summed E-state index contributed by atoms with van der Waals surface area (Å²) in [4.78, 5) is 4.15. The molecule has 0 aliphatic carbocycles. The molecule has 1 fully saturated rings. The summed E-state index contributed by atoms with van der Waals surface area (Å²) in [5.41, 5.74) is 0. The standard InChI is InChI=1S/C13H21BrN2S.2ClH/c1-3-10(2)13(12-8-11(14)9-17-12)16-6-4-15-5-7-16;;/h8-10,13,15H,3-7H2,1-2H3;2*1H/t10?,13-;;/m1../s1. The minimum atomic E-state index is 0. The maximum atomic E-state index is 3.58. The molecular formula is C13H23BrCl2N2S. The SMILES string of the molecule is CCC(C)[C@H](c1cc(Br)cs1)N1CCNCC1.Cl.Cl. The van der Waals surface area contributed by atoms with Crippen molar-refractivity contribution in [3.8, 4) is 0 Å². The van der Waals surface area contributed by atoms with Crippen molar-refractivity contribution in [3.05, 3.63) is 20.8 Å². The Bertz CT molecular complexity index is 356. The molecule has 1 aliphatic heterocycles. The van der Waals surface area contributed by atoms with Crippen LogP contribution in [-0.2, 0) is 0 Å². The van der Waals surface area contributed by atoms with Gasteiger partial charge in [-0.05, 0) is 27.9 Å². The average molecular weight is 390 g/mol. The molecule has 1 aromatic heterocycles. The van der Waals surface area contributed by atoms with E-state index in [1.54, 1.807) is 0 Å². The van der Waals surface area contributed by atoms with Crippen LogP contribution >= 0.6 is 52.1 Å². The molecule has 6 heteroatoms. The van der Waals surface area contributed by atoms with E-state index < -0.39 is 0 Å². The number of nitrogens with zero attached hydrogens (tertiary/aromatic N) is 1. The Morgan fingerprint density at radius 1 is 1.37 bits per heavy atom. The molecule has 0 spiro atoms. The van der Waals surface area contributed by atoms with Gasteiger partial charge in [0.05, 0.1) is 0 Å². The van der Waals surface area contributed by atoms with E-state index >= 15 is 0 Å². The van der Waals surface area contributed by atoms with E-state index in [9.17, 15) is 0 Å². The fourth-order valence-electron chi connectivity index (χ4n) is 2.49. The summed E-state index contributed by atoms with van der Waals surface area (Å²) >= 11 is 5.46. The van der Waals surface area contributed by atoms with E-state index in [1.807, 2.05) is 11.3 Å². The zero-order valence-electron chi connectivity index (χ0n) is 11.4. The van der Waals surface area contributed by atoms with Crippen LogP contribution in [0.5, 0.6) is 0 Å². The lowest BCUT2D eigenvalue weighted by molar-refractivity contribution is 0.131. The minimum Gasteiger partial charge on any atom is -0.314 e. The fourth-order valence-corrected chi connectivity index (χ4v) is 4.20. The van der Waals surface area contributed by atoms with Crippen molar-refractivity contribution in [3.63, 3.8) is 0 Å². The normalized spacial score (nSPS) is 19.1. The van der Waals surface area contributed by atoms with Crippen LogP contribution in [0.1, 0.15) is 31.2 Å². The molecule has 2 nitrogen and oxygen atoms in total. The summed E-state index contributed by atoms with van der Waals surface area (Å²) in [6.45, 7) is 9.26. The predicted molar refractivity (Wildman–Crippen MR) is 93.2 cm³/mol. The van der Waals surface area contributed by atoms with Crippen LogP contribution in [0.4, 0.5) is 0 Å². The highest BCUT2D eigenvalue weighted by Crippen LogP contribution is 2.36. The van der Waals surface area contributed by atoms with E-state index in [-0.39, 0.29) is 24.8 Å². The highest BCUT2D eigenvalue weighted by Gasteiger charge is 2.27. The largest absolute Gasteiger partial charge is 0.314 e. The number of piperazine rings is 1. The van der Waals surface area contributed by atoms with E-state index in [1.165, 1.54) is 28.9 Å². The lowest BCUT2D eigenvalue weighted by atomic mass is 9.95.